The smallest absolute Gasteiger partial charge is 0.309 e. The first-order valence-corrected chi connectivity index (χ1v) is 9.10. The summed E-state index contributed by atoms with van der Waals surface area (Å²) >= 11 is 0. The maximum Gasteiger partial charge on any atom is 0.309 e. The summed E-state index contributed by atoms with van der Waals surface area (Å²) < 4.78 is 15.5. The van der Waals surface area contributed by atoms with Crippen molar-refractivity contribution in [3.8, 4) is 0 Å². The van der Waals surface area contributed by atoms with Gasteiger partial charge in [0.05, 0.1) is 25.6 Å². The Morgan fingerprint density at radius 2 is 1.85 bits per heavy atom. The maximum atomic E-state index is 13.3. The number of Topliss-reactive ketones (excluding diaryl/α,β-unsaturated/α-hetero) is 1. The van der Waals surface area contributed by atoms with Crippen LogP contribution in [0.25, 0.3) is 0 Å². The molecule has 1 saturated heterocycles. The van der Waals surface area contributed by atoms with Gasteiger partial charge in [-0.05, 0) is 30.1 Å². The summed E-state index contributed by atoms with van der Waals surface area (Å²) in [6.45, 7) is 5.37. The highest BCUT2D eigenvalue weighted by atomic mass is 16.5. The van der Waals surface area contributed by atoms with Crippen molar-refractivity contribution < 1.29 is 33.4 Å². The first-order valence-electron chi connectivity index (χ1n) is 9.10. The highest BCUT2D eigenvalue weighted by molar-refractivity contribution is 5.93. The van der Waals surface area contributed by atoms with Crippen LogP contribution in [0.4, 0.5) is 0 Å². The lowest BCUT2D eigenvalue weighted by atomic mass is 9.43. The molecule has 26 heavy (non-hydrogen) atoms. The Labute approximate surface area is 152 Å². The van der Waals surface area contributed by atoms with E-state index >= 15 is 0 Å². The number of fused-ring (bicyclic) bond motifs is 3. The quantitative estimate of drug-likeness (QED) is 0.542. The molecule has 1 unspecified atom stereocenters. The predicted molar refractivity (Wildman–Crippen MR) is 88.7 cm³/mol. The van der Waals surface area contributed by atoms with Crippen molar-refractivity contribution in [3.05, 3.63) is 0 Å². The number of methoxy groups -OCH3 is 1. The van der Waals surface area contributed by atoms with E-state index in [2.05, 4.69) is 0 Å². The normalized spacial score (nSPS) is 42.2. The van der Waals surface area contributed by atoms with Crippen molar-refractivity contribution in [2.45, 2.75) is 52.6 Å². The van der Waals surface area contributed by atoms with E-state index in [1.54, 1.807) is 0 Å². The van der Waals surface area contributed by atoms with Crippen LogP contribution in [0.3, 0.4) is 0 Å². The fourth-order valence-electron chi connectivity index (χ4n) is 5.69. The van der Waals surface area contributed by atoms with Crippen LogP contribution in [0.2, 0.25) is 0 Å². The molecule has 3 rings (SSSR count). The molecule has 0 aromatic heterocycles. The van der Waals surface area contributed by atoms with Gasteiger partial charge < -0.3 is 14.2 Å². The van der Waals surface area contributed by atoms with Gasteiger partial charge in [-0.2, -0.15) is 0 Å². The number of ether oxygens (including phenoxy) is 3. The van der Waals surface area contributed by atoms with Crippen LogP contribution in [0.5, 0.6) is 0 Å². The van der Waals surface area contributed by atoms with Crippen molar-refractivity contribution in [2.75, 3.05) is 13.7 Å². The first-order chi connectivity index (χ1) is 12.1. The highest BCUT2D eigenvalue weighted by Gasteiger charge is 2.66. The monoisotopic (exact) mass is 366 g/mol. The second-order valence-corrected chi connectivity index (χ2v) is 8.27. The van der Waals surface area contributed by atoms with Crippen molar-refractivity contribution in [3.63, 3.8) is 0 Å². The fraction of sp³-hybridized carbons (Fsp3) is 0.789. The van der Waals surface area contributed by atoms with Crippen LogP contribution in [0.1, 0.15) is 46.5 Å². The molecule has 1 heterocycles. The SMILES string of the molecule is COC(=O)[C@@H]1C[C@H](OC(C)=O)C(=O)[C@H]2[C@@]1(C)CCC1C(=O)OCC[C@@]12C. The molecule has 6 atom stereocenters. The van der Waals surface area contributed by atoms with E-state index < -0.39 is 40.7 Å². The standard InChI is InChI=1S/C19H26O7/c1-10(20)26-13-9-12(16(22)24-4)18(2)6-5-11-17(23)25-8-7-19(11,3)15(18)14(13)21/h11-13,15H,5-9H2,1-4H3/t11?,12-,13-,15-,18-,19-/m0/s1. The second-order valence-electron chi connectivity index (χ2n) is 8.27. The minimum Gasteiger partial charge on any atom is -0.469 e. The molecule has 0 bridgehead atoms. The van der Waals surface area contributed by atoms with E-state index in [0.29, 0.717) is 19.3 Å². The summed E-state index contributed by atoms with van der Waals surface area (Å²) in [5.74, 6) is -2.94. The van der Waals surface area contributed by atoms with Crippen LogP contribution in [0.15, 0.2) is 0 Å². The third-order valence-electron chi connectivity index (χ3n) is 6.90. The molecule has 1 aliphatic heterocycles. The van der Waals surface area contributed by atoms with Crippen molar-refractivity contribution in [1.82, 2.24) is 0 Å². The first kappa shape index (κ1) is 18.9. The lowest BCUT2D eigenvalue weighted by Gasteiger charge is -2.60. The summed E-state index contributed by atoms with van der Waals surface area (Å²) in [5, 5.41) is 0. The molecule has 2 aliphatic carbocycles. The molecule has 0 N–H and O–H groups in total. The molecule has 0 radical (unpaired) electrons. The number of carbonyl (C=O) groups excluding carboxylic acids is 4. The van der Waals surface area contributed by atoms with Crippen LogP contribution in [-0.4, -0.2) is 43.5 Å². The van der Waals surface area contributed by atoms with Gasteiger partial charge in [-0.25, -0.2) is 0 Å². The Morgan fingerprint density at radius 1 is 1.15 bits per heavy atom. The van der Waals surface area contributed by atoms with Gasteiger partial charge in [-0.1, -0.05) is 13.8 Å². The van der Waals surface area contributed by atoms with Gasteiger partial charge in [-0.3, -0.25) is 19.2 Å². The lowest BCUT2D eigenvalue weighted by molar-refractivity contribution is -0.203. The molecule has 7 heteroatoms. The molecule has 7 nitrogen and oxygen atoms in total. The summed E-state index contributed by atoms with van der Waals surface area (Å²) in [6, 6.07) is 0. The molecule has 2 saturated carbocycles. The zero-order chi connectivity index (χ0) is 19.3. The molecule has 3 fully saturated rings. The zero-order valence-electron chi connectivity index (χ0n) is 15.7. The third-order valence-corrected chi connectivity index (χ3v) is 6.90. The minimum atomic E-state index is -0.983. The Bertz CT molecular complexity index is 656. The van der Waals surface area contributed by atoms with Gasteiger partial charge >= 0.3 is 17.9 Å². The van der Waals surface area contributed by atoms with Crippen molar-refractivity contribution >= 4 is 23.7 Å². The molecular weight excluding hydrogens is 340 g/mol. The average Bonchev–Trinajstić information content (AvgIpc) is 2.55. The number of hydrogen-bond acceptors (Lipinski definition) is 7. The van der Waals surface area contributed by atoms with Gasteiger partial charge in [0.25, 0.3) is 0 Å². The lowest BCUT2D eigenvalue weighted by Crippen LogP contribution is -2.64. The number of rotatable bonds is 2. The van der Waals surface area contributed by atoms with E-state index in [-0.39, 0.29) is 30.7 Å². The van der Waals surface area contributed by atoms with Crippen LogP contribution in [0, 0.1) is 28.6 Å². The van der Waals surface area contributed by atoms with Gasteiger partial charge in [0.1, 0.15) is 0 Å². The predicted octanol–water partition coefficient (Wildman–Crippen LogP) is 1.67. The van der Waals surface area contributed by atoms with Gasteiger partial charge in [0.2, 0.25) is 0 Å². The average molecular weight is 366 g/mol. The second kappa shape index (κ2) is 6.35. The zero-order valence-corrected chi connectivity index (χ0v) is 15.7. The van der Waals surface area contributed by atoms with E-state index in [1.165, 1.54) is 14.0 Å². The summed E-state index contributed by atoms with van der Waals surface area (Å²) in [6.07, 6.45) is 0.814. The fourth-order valence-corrected chi connectivity index (χ4v) is 5.69. The molecule has 0 spiro atoms. The number of carbonyl (C=O) groups is 4. The third kappa shape index (κ3) is 2.63. The topological polar surface area (TPSA) is 96.0 Å². The Balaban J connectivity index is 2.08. The molecule has 144 valence electrons. The van der Waals surface area contributed by atoms with Gasteiger partial charge in [0.15, 0.2) is 11.9 Å². The maximum absolute atomic E-state index is 13.3. The molecule has 0 aromatic rings. The largest absolute Gasteiger partial charge is 0.469 e. The highest BCUT2D eigenvalue weighted by Crippen LogP contribution is 2.63. The number of esters is 3. The molecule has 3 aliphatic rings. The number of ketones is 1. The van der Waals surface area contributed by atoms with Crippen molar-refractivity contribution in [1.29, 1.82) is 0 Å². The van der Waals surface area contributed by atoms with Crippen LogP contribution >= 0.6 is 0 Å². The summed E-state index contributed by atoms with van der Waals surface area (Å²) in [4.78, 5) is 49.7. The number of hydrogen-bond donors (Lipinski definition) is 0. The molecular formula is C19H26O7. The van der Waals surface area contributed by atoms with Crippen LogP contribution in [-0.2, 0) is 33.4 Å². The van der Waals surface area contributed by atoms with Crippen molar-refractivity contribution in [2.24, 2.45) is 28.6 Å². The number of cyclic esters (lactones) is 1. The van der Waals surface area contributed by atoms with E-state index in [1.807, 2.05) is 13.8 Å². The molecule has 0 aromatic carbocycles. The Hall–Kier alpha value is -1.92. The Kier molecular flexibility index (Phi) is 4.61. The van der Waals surface area contributed by atoms with Crippen LogP contribution < -0.4 is 0 Å². The molecule has 0 amide bonds. The summed E-state index contributed by atoms with van der Waals surface area (Å²) in [7, 11) is 1.32. The summed E-state index contributed by atoms with van der Waals surface area (Å²) in [5.41, 5.74) is -1.26. The van der Waals surface area contributed by atoms with E-state index in [4.69, 9.17) is 14.2 Å². The Morgan fingerprint density at radius 3 is 2.46 bits per heavy atom. The van der Waals surface area contributed by atoms with Gasteiger partial charge in [-0.15, -0.1) is 0 Å². The minimum absolute atomic E-state index is 0.128. The van der Waals surface area contributed by atoms with E-state index in [9.17, 15) is 19.2 Å². The van der Waals surface area contributed by atoms with Gasteiger partial charge in [0, 0.05) is 19.3 Å². The van der Waals surface area contributed by atoms with E-state index in [0.717, 1.165) is 0 Å².